The van der Waals surface area contributed by atoms with Crippen molar-refractivity contribution in [3.8, 4) is 0 Å². The summed E-state index contributed by atoms with van der Waals surface area (Å²) in [6.45, 7) is 5.89. The maximum atomic E-state index is 14.1. The molecular weight excluding hydrogens is 905 g/mol. The van der Waals surface area contributed by atoms with Crippen LogP contribution >= 0.6 is 0 Å². The number of nitrogens with zero attached hydrogens (tertiary/aromatic N) is 12. The zero-order valence-corrected chi connectivity index (χ0v) is 37.5. The fourth-order valence-corrected chi connectivity index (χ4v) is 14.3. The zero-order chi connectivity index (χ0) is 47.1. The molecule has 0 unspecified atom stereocenters. The van der Waals surface area contributed by atoms with E-state index in [4.69, 9.17) is 28.4 Å². The van der Waals surface area contributed by atoms with Crippen molar-refractivity contribution in [2.45, 2.75) is 106 Å². The molecule has 16 amide bonds. The molecule has 30 nitrogen and oxygen atoms in total. The normalized spacial score (nSPS) is 40.2. The van der Waals surface area contributed by atoms with Gasteiger partial charge in [-0.05, 0) is 65.2 Å². The Morgan fingerprint density at radius 2 is 0.559 bits per heavy atom. The van der Waals surface area contributed by atoms with Crippen LogP contribution in [0.1, 0.15) is 59.3 Å². The molecule has 0 spiro atoms. The van der Waals surface area contributed by atoms with Crippen LogP contribution in [-0.4, -0.2) is 234 Å². The van der Waals surface area contributed by atoms with Gasteiger partial charge in [-0.15, -0.1) is 0 Å². The second kappa shape index (κ2) is 13.6. The maximum absolute atomic E-state index is 14.1. The first-order chi connectivity index (χ1) is 32.6. The van der Waals surface area contributed by atoms with E-state index >= 15 is 0 Å². The van der Waals surface area contributed by atoms with Crippen LogP contribution in [-0.2, 0) is 28.4 Å². The minimum atomic E-state index is -1.09. The van der Waals surface area contributed by atoms with Crippen LogP contribution in [0.15, 0.2) is 0 Å². The summed E-state index contributed by atoms with van der Waals surface area (Å²) in [5.41, 5.74) is -6.43. The molecule has 0 aromatic carbocycles. The van der Waals surface area contributed by atoms with Gasteiger partial charge in [-0.2, -0.15) is 0 Å². The average molecular weight is 957 g/mol. The van der Waals surface area contributed by atoms with Gasteiger partial charge in [-0.25, -0.2) is 38.4 Å². The van der Waals surface area contributed by atoms with E-state index in [2.05, 4.69) is 21.3 Å². The number of fused-ring (bicyclic) bond motifs is 1. The Hall–Kier alpha value is -6.08. The van der Waals surface area contributed by atoms with Crippen LogP contribution in [0.2, 0.25) is 0 Å². The Labute approximate surface area is 386 Å². The molecule has 14 fully saturated rings. The number of hydrogen-bond donors (Lipinski definition) is 4. The summed E-state index contributed by atoms with van der Waals surface area (Å²) >= 11 is 0. The van der Waals surface area contributed by atoms with Crippen molar-refractivity contribution in [3.63, 3.8) is 0 Å². The van der Waals surface area contributed by atoms with E-state index in [1.54, 1.807) is 58.8 Å². The topological polar surface area (TPSA) is 279 Å². The predicted molar refractivity (Wildman–Crippen MR) is 215 cm³/mol. The van der Waals surface area contributed by atoms with Gasteiger partial charge < -0.3 is 49.7 Å². The Balaban J connectivity index is 0.000000405. The molecule has 4 N–H and O–H groups in total. The maximum Gasteiger partial charge on any atom is 0.327 e. The Morgan fingerprint density at radius 3 is 0.765 bits per heavy atom. The molecule has 0 aliphatic carbocycles. The first kappa shape index (κ1) is 42.1. The van der Waals surface area contributed by atoms with Crippen LogP contribution in [0, 0.1) is 5.92 Å². The van der Waals surface area contributed by atoms with Gasteiger partial charge in [0.1, 0.15) is 93.1 Å². The third kappa shape index (κ3) is 4.50. The van der Waals surface area contributed by atoms with E-state index in [0.717, 1.165) is 0 Å². The highest BCUT2D eigenvalue weighted by Gasteiger charge is 2.81. The van der Waals surface area contributed by atoms with Crippen molar-refractivity contribution >= 4 is 48.2 Å². The van der Waals surface area contributed by atoms with Gasteiger partial charge >= 0.3 is 48.2 Å². The smallest absolute Gasteiger partial charge is 0.327 e. The SMILES string of the molecule is CC12N3COCN1C(=O)N1COCN(C3=O)C12CCC(CCC12N3COCN1C(=O)N1COCN(C3=O)C12C)CCC12N3COCN1C(=O)N1COCN(C3=O)C12C.O=C1NC2NC(=O)NC2N1. The molecule has 0 aromatic rings. The van der Waals surface area contributed by atoms with Crippen molar-refractivity contribution in [3.05, 3.63) is 0 Å². The zero-order valence-electron chi connectivity index (χ0n) is 37.5. The molecule has 0 bridgehead atoms. The molecule has 14 aliphatic heterocycles. The molecule has 14 aliphatic rings. The summed E-state index contributed by atoms with van der Waals surface area (Å²) in [7, 11) is 0. The molecule has 0 saturated carbocycles. The molecule has 30 heteroatoms. The van der Waals surface area contributed by atoms with Gasteiger partial charge in [-0.1, -0.05) is 0 Å². The molecule has 14 heterocycles. The lowest BCUT2D eigenvalue weighted by atomic mass is 9.78. The number of ether oxygens (including phenoxy) is 6. The Bertz CT molecular complexity index is 2000. The number of rotatable bonds is 9. The lowest BCUT2D eigenvalue weighted by molar-refractivity contribution is -0.202. The summed E-state index contributed by atoms with van der Waals surface area (Å²) in [4.78, 5) is 125. The summed E-state index contributed by atoms with van der Waals surface area (Å²) in [5, 5.41) is 10.0. The van der Waals surface area contributed by atoms with Gasteiger partial charge in [0.25, 0.3) is 0 Å². The highest BCUT2D eigenvalue weighted by Crippen LogP contribution is 2.60. The molecule has 14 saturated heterocycles. The second-order valence-electron chi connectivity index (χ2n) is 19.8. The predicted octanol–water partition coefficient (Wildman–Crippen LogP) is -1.46. The molecule has 0 aromatic heterocycles. The van der Waals surface area contributed by atoms with E-state index < -0.39 is 34.0 Å². The largest absolute Gasteiger partial charge is 0.340 e. The van der Waals surface area contributed by atoms with E-state index in [1.807, 2.05) is 20.8 Å². The summed E-state index contributed by atoms with van der Waals surface area (Å²) in [5.74, 6) is -0.180. The van der Waals surface area contributed by atoms with E-state index in [1.165, 1.54) is 0 Å². The Morgan fingerprint density at radius 1 is 0.368 bits per heavy atom. The third-order valence-corrected chi connectivity index (χ3v) is 17.7. The van der Waals surface area contributed by atoms with Crippen molar-refractivity contribution in [2.75, 3.05) is 80.8 Å². The van der Waals surface area contributed by atoms with Gasteiger partial charge in [0.15, 0.2) is 34.0 Å². The van der Waals surface area contributed by atoms with E-state index in [-0.39, 0.29) is 147 Å². The van der Waals surface area contributed by atoms with Crippen LogP contribution in [0.25, 0.3) is 0 Å². The number of amides is 16. The molecule has 368 valence electrons. The van der Waals surface area contributed by atoms with Gasteiger partial charge in [0, 0.05) is 0 Å². The first-order valence-electron chi connectivity index (χ1n) is 22.8. The molecular formula is C38H52N16O14. The van der Waals surface area contributed by atoms with Crippen LogP contribution in [0.4, 0.5) is 38.4 Å². The summed E-state index contributed by atoms with van der Waals surface area (Å²) in [6.07, 6.45) is 2.02. The number of urea groups is 8. The molecule has 68 heavy (non-hydrogen) atoms. The van der Waals surface area contributed by atoms with E-state index in [9.17, 15) is 38.4 Å². The minimum absolute atomic E-state index is 0.0000905. The van der Waals surface area contributed by atoms with Crippen molar-refractivity contribution < 1.29 is 66.8 Å². The van der Waals surface area contributed by atoms with Gasteiger partial charge in [0.05, 0.1) is 0 Å². The minimum Gasteiger partial charge on any atom is -0.340 e. The summed E-state index contributed by atoms with van der Waals surface area (Å²) in [6, 6.07) is -2.25. The van der Waals surface area contributed by atoms with Gasteiger partial charge in [0.2, 0.25) is 0 Å². The highest BCUT2D eigenvalue weighted by molar-refractivity contribution is 5.91. The lowest BCUT2D eigenvalue weighted by Gasteiger charge is -2.52. The quantitative estimate of drug-likeness (QED) is 0.206. The monoisotopic (exact) mass is 956 g/mol. The van der Waals surface area contributed by atoms with Crippen molar-refractivity contribution in [2.24, 2.45) is 5.92 Å². The Kier molecular flexibility index (Phi) is 8.40. The van der Waals surface area contributed by atoms with Gasteiger partial charge in [-0.3, -0.25) is 58.8 Å². The lowest BCUT2D eigenvalue weighted by Crippen LogP contribution is -2.70. The number of nitrogens with one attached hydrogen (secondary N) is 4. The number of hydrogen-bond acceptors (Lipinski definition) is 14. The highest BCUT2D eigenvalue weighted by atomic mass is 16.6. The van der Waals surface area contributed by atoms with Crippen LogP contribution in [0.3, 0.4) is 0 Å². The first-order valence-corrected chi connectivity index (χ1v) is 22.8. The second-order valence-corrected chi connectivity index (χ2v) is 19.8. The number of carbonyl (C=O) groups is 8. The van der Waals surface area contributed by atoms with Crippen molar-refractivity contribution in [1.29, 1.82) is 0 Å². The fourth-order valence-electron chi connectivity index (χ4n) is 14.3. The molecule has 0 atom stereocenters. The third-order valence-electron chi connectivity index (χ3n) is 17.7. The summed E-state index contributed by atoms with van der Waals surface area (Å²) < 4.78 is 34.8. The van der Waals surface area contributed by atoms with Crippen molar-refractivity contribution in [1.82, 2.24) is 80.1 Å². The number of carbonyl (C=O) groups excluding carboxylic acids is 8. The average Bonchev–Trinajstić information content (AvgIpc) is 4.13. The van der Waals surface area contributed by atoms with Crippen LogP contribution in [0.5, 0.6) is 0 Å². The van der Waals surface area contributed by atoms with E-state index in [0.29, 0.717) is 38.5 Å². The molecule has 14 rings (SSSR count). The molecule has 0 radical (unpaired) electrons. The van der Waals surface area contributed by atoms with Crippen LogP contribution < -0.4 is 21.3 Å². The standard InChI is InChI=1S/C34H46N12O12.C4H6N4O2/c1-29-32(41-16-56-17-42(32)24(48)36(29)11-53-10-35(29)23(41)47)7-4-22(5-8-33-30(2)37-12-54-13-38(30)26(50)44(33)19-57-18-43(33)25(37)49)6-9-34-31(3)39-14-55-15-40(31)28(52)46(34)21-58-20-45(34)27(39)51;9-3-5-1-2(7-3)8-4(10)6-1/h22H,4-21H2,1-3H3;1-2H,(H2,5,7,9)(H2,6,8,10). The fraction of sp³-hybridized carbons (Fsp3) is 0.789.